The number of rotatable bonds is 6. The molecule has 0 aliphatic carbocycles. The van der Waals surface area contributed by atoms with E-state index in [2.05, 4.69) is 0 Å². The van der Waals surface area contributed by atoms with Crippen LogP contribution in [-0.2, 0) is 15.7 Å². The SMILES string of the molecule is O=C(C=Cc1ccccc1)[O][Sn][O]C(=O)C=Cc1ccccc1. The molecule has 0 N–H and O–H groups in total. The van der Waals surface area contributed by atoms with Gasteiger partial charge in [-0.15, -0.1) is 0 Å². The summed E-state index contributed by atoms with van der Waals surface area (Å²) in [5, 5.41) is 0. The van der Waals surface area contributed by atoms with Crippen LogP contribution in [0.5, 0.6) is 0 Å². The van der Waals surface area contributed by atoms with E-state index in [-0.39, 0.29) is 0 Å². The summed E-state index contributed by atoms with van der Waals surface area (Å²) in [6, 6.07) is 18.8. The molecule has 0 fully saturated rings. The first-order valence-corrected chi connectivity index (χ1v) is 9.20. The first-order chi connectivity index (χ1) is 11.2. The molecule has 0 amide bonds. The first-order valence-electron chi connectivity index (χ1n) is 6.87. The van der Waals surface area contributed by atoms with Gasteiger partial charge in [0, 0.05) is 0 Å². The van der Waals surface area contributed by atoms with E-state index in [0.717, 1.165) is 11.1 Å². The van der Waals surface area contributed by atoms with Gasteiger partial charge in [-0.05, 0) is 0 Å². The van der Waals surface area contributed by atoms with Gasteiger partial charge in [0.2, 0.25) is 0 Å². The van der Waals surface area contributed by atoms with Crippen LogP contribution in [0.25, 0.3) is 12.2 Å². The summed E-state index contributed by atoms with van der Waals surface area (Å²) in [6.07, 6.45) is 5.95. The summed E-state index contributed by atoms with van der Waals surface area (Å²) >= 11 is -1.97. The van der Waals surface area contributed by atoms with E-state index in [1.807, 2.05) is 60.7 Å². The standard InChI is InChI=1S/2C9H8O2.Sn/c2*10-9(11)7-6-8-4-2-1-3-5-8;/h2*1-7H,(H,10,11);/q;;+2/p-2. The molecule has 2 radical (unpaired) electrons. The Bertz CT molecular complexity index is 632. The molecular formula is C18H14O4Sn. The Labute approximate surface area is 145 Å². The van der Waals surface area contributed by atoms with Gasteiger partial charge < -0.3 is 0 Å². The fourth-order valence-corrected chi connectivity index (χ4v) is 2.60. The minimum absolute atomic E-state index is 0.500. The minimum atomic E-state index is -1.97. The van der Waals surface area contributed by atoms with Crippen molar-refractivity contribution >= 4 is 46.1 Å². The number of hydrogen-bond donors (Lipinski definition) is 0. The molecule has 2 aromatic rings. The summed E-state index contributed by atoms with van der Waals surface area (Å²) in [7, 11) is 0. The number of benzene rings is 2. The van der Waals surface area contributed by atoms with E-state index in [1.54, 1.807) is 12.2 Å². The van der Waals surface area contributed by atoms with Gasteiger partial charge in [-0.3, -0.25) is 0 Å². The van der Waals surface area contributed by atoms with Gasteiger partial charge in [0.1, 0.15) is 0 Å². The zero-order valence-electron chi connectivity index (χ0n) is 12.2. The fourth-order valence-electron chi connectivity index (χ4n) is 1.63. The Balaban J connectivity index is 1.70. The van der Waals surface area contributed by atoms with Crippen molar-refractivity contribution in [2.45, 2.75) is 0 Å². The Kier molecular flexibility index (Phi) is 7.13. The van der Waals surface area contributed by atoms with E-state index >= 15 is 0 Å². The molecule has 2 rings (SSSR count). The Morgan fingerprint density at radius 2 is 1.09 bits per heavy atom. The van der Waals surface area contributed by atoms with Gasteiger partial charge in [0.15, 0.2) is 0 Å². The van der Waals surface area contributed by atoms with E-state index < -0.39 is 33.9 Å². The van der Waals surface area contributed by atoms with Gasteiger partial charge in [-0.2, -0.15) is 0 Å². The van der Waals surface area contributed by atoms with E-state index in [4.69, 9.17) is 6.15 Å². The molecule has 0 saturated heterocycles. The van der Waals surface area contributed by atoms with Crippen molar-refractivity contribution in [3.05, 3.63) is 83.9 Å². The van der Waals surface area contributed by atoms with Crippen molar-refractivity contribution in [2.75, 3.05) is 0 Å². The van der Waals surface area contributed by atoms with Gasteiger partial charge in [-0.1, -0.05) is 0 Å². The molecule has 0 aliphatic rings. The molecule has 0 aliphatic heterocycles. The monoisotopic (exact) mass is 414 g/mol. The van der Waals surface area contributed by atoms with E-state index in [1.165, 1.54) is 12.2 Å². The van der Waals surface area contributed by atoms with Crippen LogP contribution in [0.4, 0.5) is 0 Å². The fraction of sp³-hybridized carbons (Fsp3) is 0. The van der Waals surface area contributed by atoms with Crippen LogP contribution in [0, 0.1) is 0 Å². The number of carbonyl (C=O) groups is 2. The average molecular weight is 413 g/mol. The summed E-state index contributed by atoms with van der Waals surface area (Å²) < 4.78 is 9.91. The molecule has 0 aromatic heterocycles. The number of hydrogen-bond acceptors (Lipinski definition) is 4. The molecule has 23 heavy (non-hydrogen) atoms. The predicted octanol–water partition coefficient (Wildman–Crippen LogP) is 3.03. The van der Waals surface area contributed by atoms with Crippen LogP contribution >= 0.6 is 0 Å². The summed E-state index contributed by atoms with van der Waals surface area (Å²) in [6.45, 7) is 0. The number of carbonyl (C=O) groups excluding carboxylic acids is 2. The predicted molar refractivity (Wildman–Crippen MR) is 88.9 cm³/mol. The van der Waals surface area contributed by atoms with Gasteiger partial charge in [0.25, 0.3) is 0 Å². The van der Waals surface area contributed by atoms with Crippen molar-refractivity contribution in [3.63, 3.8) is 0 Å². The molecule has 0 saturated carbocycles. The molecule has 0 heterocycles. The Morgan fingerprint density at radius 3 is 1.48 bits per heavy atom. The molecule has 2 aromatic carbocycles. The van der Waals surface area contributed by atoms with E-state index in [9.17, 15) is 9.59 Å². The topological polar surface area (TPSA) is 52.6 Å². The summed E-state index contributed by atoms with van der Waals surface area (Å²) in [5.41, 5.74) is 1.80. The molecule has 5 heteroatoms. The zero-order chi connectivity index (χ0) is 16.3. The summed E-state index contributed by atoms with van der Waals surface area (Å²) in [4.78, 5) is 23.0. The molecule has 0 unspecified atom stereocenters. The van der Waals surface area contributed by atoms with Crippen LogP contribution in [0.2, 0.25) is 0 Å². The van der Waals surface area contributed by atoms with Crippen LogP contribution in [-0.4, -0.2) is 33.9 Å². The van der Waals surface area contributed by atoms with Crippen molar-refractivity contribution in [3.8, 4) is 0 Å². The third-order valence-corrected chi connectivity index (χ3v) is 4.33. The van der Waals surface area contributed by atoms with Crippen molar-refractivity contribution < 1.29 is 15.7 Å². The normalized spacial score (nSPS) is 10.8. The van der Waals surface area contributed by atoms with Crippen LogP contribution in [0.1, 0.15) is 11.1 Å². The van der Waals surface area contributed by atoms with Crippen molar-refractivity contribution in [1.82, 2.24) is 0 Å². The van der Waals surface area contributed by atoms with E-state index in [0.29, 0.717) is 0 Å². The molecule has 114 valence electrons. The first kappa shape index (κ1) is 17.0. The van der Waals surface area contributed by atoms with Crippen LogP contribution in [0.3, 0.4) is 0 Å². The van der Waals surface area contributed by atoms with Crippen LogP contribution in [0.15, 0.2) is 72.8 Å². The summed E-state index contributed by atoms with van der Waals surface area (Å²) in [5.74, 6) is -0.999. The van der Waals surface area contributed by atoms with Gasteiger partial charge in [-0.25, -0.2) is 0 Å². The van der Waals surface area contributed by atoms with Gasteiger partial charge >= 0.3 is 146 Å². The molecule has 0 bridgehead atoms. The Morgan fingerprint density at radius 1 is 0.696 bits per heavy atom. The zero-order valence-corrected chi connectivity index (χ0v) is 15.1. The second-order valence-corrected chi connectivity index (χ2v) is 6.05. The maximum atomic E-state index is 11.5. The molecular weight excluding hydrogens is 399 g/mol. The van der Waals surface area contributed by atoms with Gasteiger partial charge in [0.05, 0.1) is 0 Å². The Hall–Kier alpha value is -2.34. The quantitative estimate of drug-likeness (QED) is 0.540. The molecule has 0 atom stereocenters. The molecule has 4 nitrogen and oxygen atoms in total. The second-order valence-electron chi connectivity index (χ2n) is 4.41. The maximum absolute atomic E-state index is 11.5. The third-order valence-electron chi connectivity index (χ3n) is 2.71. The van der Waals surface area contributed by atoms with Crippen molar-refractivity contribution in [2.24, 2.45) is 0 Å². The van der Waals surface area contributed by atoms with Crippen LogP contribution < -0.4 is 0 Å². The average Bonchev–Trinajstić information content (AvgIpc) is 2.60. The third kappa shape index (κ3) is 6.97. The molecule has 0 spiro atoms. The van der Waals surface area contributed by atoms with Crippen molar-refractivity contribution in [1.29, 1.82) is 0 Å². The second kappa shape index (κ2) is 9.63.